The number of hydrogen-bond donors (Lipinski definition) is 1. The Kier molecular flexibility index (Phi) is 8.03. The van der Waals surface area contributed by atoms with Crippen LogP contribution in [0.5, 0.6) is 11.6 Å². The van der Waals surface area contributed by atoms with Crippen LogP contribution in [0.1, 0.15) is 32.3 Å². The Hall–Kier alpha value is -4.39. The molecule has 0 atom stereocenters. The van der Waals surface area contributed by atoms with E-state index in [1.807, 2.05) is 13.8 Å². The third-order valence-electron chi connectivity index (χ3n) is 5.76. The van der Waals surface area contributed by atoms with Gasteiger partial charge >= 0.3 is 6.09 Å². The summed E-state index contributed by atoms with van der Waals surface area (Å²) in [6, 6.07) is 8.14. The summed E-state index contributed by atoms with van der Waals surface area (Å²) in [6.07, 6.45) is 9.15. The minimum atomic E-state index is -0.508. The van der Waals surface area contributed by atoms with Crippen LogP contribution in [0.2, 0.25) is 0 Å². The SMILES string of the molecule is C#Cc1c(Nc2ccc(-c3cc(OC)ccn3)cc2F)ncnc1OC1CCN(C(=O)OC(C)C)CC1. The van der Waals surface area contributed by atoms with Gasteiger partial charge < -0.3 is 24.4 Å². The minimum absolute atomic E-state index is 0.175. The molecule has 0 bridgehead atoms. The number of hydrogen-bond acceptors (Lipinski definition) is 8. The molecular weight excluding hydrogens is 477 g/mol. The number of ether oxygens (including phenoxy) is 3. The van der Waals surface area contributed by atoms with E-state index < -0.39 is 5.82 Å². The smallest absolute Gasteiger partial charge is 0.410 e. The first-order chi connectivity index (χ1) is 17.9. The number of methoxy groups -OCH3 is 1. The Balaban J connectivity index is 1.46. The van der Waals surface area contributed by atoms with Crippen LogP contribution < -0.4 is 14.8 Å². The summed E-state index contributed by atoms with van der Waals surface area (Å²) in [7, 11) is 1.56. The third-order valence-corrected chi connectivity index (χ3v) is 5.76. The molecule has 0 spiro atoms. The number of carbonyl (C=O) groups is 1. The van der Waals surface area contributed by atoms with E-state index in [-0.39, 0.29) is 41.2 Å². The Labute approximate surface area is 215 Å². The van der Waals surface area contributed by atoms with Gasteiger partial charge in [-0.1, -0.05) is 12.0 Å². The van der Waals surface area contributed by atoms with Crippen LogP contribution in [0.3, 0.4) is 0 Å². The van der Waals surface area contributed by atoms with Crippen LogP contribution >= 0.6 is 0 Å². The number of carbonyl (C=O) groups excluding carboxylic acids is 1. The molecule has 0 aliphatic carbocycles. The number of terminal acetylenes is 1. The van der Waals surface area contributed by atoms with Gasteiger partial charge in [0.2, 0.25) is 5.88 Å². The average molecular weight is 506 g/mol. The number of nitrogens with one attached hydrogen (secondary N) is 1. The van der Waals surface area contributed by atoms with Gasteiger partial charge in [0.1, 0.15) is 29.6 Å². The number of anilines is 2. The van der Waals surface area contributed by atoms with Crippen molar-refractivity contribution >= 4 is 17.6 Å². The van der Waals surface area contributed by atoms with E-state index in [4.69, 9.17) is 20.6 Å². The minimum Gasteiger partial charge on any atom is -0.497 e. The van der Waals surface area contributed by atoms with Gasteiger partial charge in [0, 0.05) is 43.8 Å². The maximum atomic E-state index is 15.0. The van der Waals surface area contributed by atoms with Crippen molar-refractivity contribution in [2.45, 2.75) is 38.9 Å². The maximum Gasteiger partial charge on any atom is 0.410 e. The van der Waals surface area contributed by atoms with Crippen LogP contribution in [0.4, 0.5) is 20.7 Å². The molecule has 0 unspecified atom stereocenters. The molecule has 0 radical (unpaired) electrons. The van der Waals surface area contributed by atoms with E-state index in [9.17, 15) is 4.79 Å². The highest BCUT2D eigenvalue weighted by molar-refractivity contribution is 5.70. The number of rotatable bonds is 7. The summed E-state index contributed by atoms with van der Waals surface area (Å²) >= 11 is 0. The second-order valence-electron chi connectivity index (χ2n) is 8.68. The molecule has 3 aromatic rings. The average Bonchev–Trinajstić information content (AvgIpc) is 2.90. The highest BCUT2D eigenvalue weighted by atomic mass is 19.1. The summed E-state index contributed by atoms with van der Waals surface area (Å²) in [6.45, 7) is 4.62. The van der Waals surface area contributed by atoms with Crippen molar-refractivity contribution in [2.75, 3.05) is 25.5 Å². The second kappa shape index (κ2) is 11.6. The number of pyridine rings is 1. The predicted molar refractivity (Wildman–Crippen MR) is 136 cm³/mol. The van der Waals surface area contributed by atoms with Gasteiger partial charge in [0.25, 0.3) is 0 Å². The fraction of sp³-hybridized carbons (Fsp3) is 0.333. The van der Waals surface area contributed by atoms with Crippen molar-refractivity contribution in [3.8, 4) is 35.2 Å². The van der Waals surface area contributed by atoms with Crippen molar-refractivity contribution < 1.29 is 23.4 Å². The number of likely N-dealkylation sites (tertiary alicyclic amines) is 1. The molecule has 0 saturated carbocycles. The van der Waals surface area contributed by atoms with E-state index in [0.717, 1.165) is 0 Å². The Bertz CT molecular complexity index is 1300. The molecule has 1 aliphatic heterocycles. The van der Waals surface area contributed by atoms with Crippen molar-refractivity contribution in [3.63, 3.8) is 0 Å². The van der Waals surface area contributed by atoms with Gasteiger partial charge in [0.05, 0.1) is 24.6 Å². The van der Waals surface area contributed by atoms with Crippen LogP contribution in [-0.4, -0.2) is 58.4 Å². The highest BCUT2D eigenvalue weighted by Crippen LogP contribution is 2.30. The standard InChI is InChI=1S/C27H28FN5O4/c1-5-21-25(32-23-7-6-18(14-22(23)28)24-15-20(35-4)8-11-29-24)30-16-31-26(21)37-19-9-12-33(13-10-19)27(34)36-17(2)3/h1,6-8,11,14-17,19H,9-10,12-13H2,2-4H3,(H,30,31,32). The molecular formula is C27H28FN5O4. The Morgan fingerprint density at radius 1 is 1.19 bits per heavy atom. The monoisotopic (exact) mass is 505 g/mol. The molecule has 192 valence electrons. The molecule has 1 saturated heterocycles. The topological polar surface area (TPSA) is 98.7 Å². The van der Waals surface area contributed by atoms with Crippen molar-refractivity contribution in [1.29, 1.82) is 0 Å². The molecule has 1 aromatic carbocycles. The van der Waals surface area contributed by atoms with Crippen LogP contribution in [-0.2, 0) is 4.74 Å². The molecule has 1 aliphatic rings. The zero-order valence-corrected chi connectivity index (χ0v) is 20.9. The van der Waals surface area contributed by atoms with Crippen LogP contribution in [0.25, 0.3) is 11.3 Å². The molecule has 1 amide bonds. The summed E-state index contributed by atoms with van der Waals surface area (Å²) in [5.41, 5.74) is 1.64. The normalized spacial score (nSPS) is 13.7. The fourth-order valence-corrected chi connectivity index (χ4v) is 3.87. The lowest BCUT2D eigenvalue weighted by molar-refractivity contribution is 0.0506. The molecule has 2 aromatic heterocycles. The van der Waals surface area contributed by atoms with Crippen molar-refractivity contribution in [3.05, 3.63) is 54.2 Å². The zero-order chi connectivity index (χ0) is 26.4. The maximum absolute atomic E-state index is 15.0. The molecule has 10 heteroatoms. The molecule has 9 nitrogen and oxygen atoms in total. The zero-order valence-electron chi connectivity index (χ0n) is 20.9. The number of halogens is 1. The lowest BCUT2D eigenvalue weighted by atomic mass is 10.1. The molecule has 1 fully saturated rings. The quantitative estimate of drug-likeness (QED) is 0.457. The van der Waals surface area contributed by atoms with Gasteiger partial charge in [-0.25, -0.2) is 19.2 Å². The molecule has 1 N–H and O–H groups in total. The van der Waals surface area contributed by atoms with Crippen LogP contribution in [0.15, 0.2) is 42.9 Å². The predicted octanol–water partition coefficient (Wildman–Crippen LogP) is 4.80. The van der Waals surface area contributed by atoms with E-state index in [0.29, 0.717) is 42.9 Å². The Morgan fingerprint density at radius 3 is 2.65 bits per heavy atom. The number of piperidine rings is 1. The van der Waals surface area contributed by atoms with E-state index in [1.54, 1.807) is 42.5 Å². The van der Waals surface area contributed by atoms with E-state index in [1.165, 1.54) is 12.4 Å². The Morgan fingerprint density at radius 2 is 1.97 bits per heavy atom. The number of nitrogens with zero attached hydrogens (tertiary/aromatic N) is 4. The second-order valence-corrected chi connectivity index (χ2v) is 8.68. The van der Waals surface area contributed by atoms with Gasteiger partial charge in [-0.05, 0) is 32.0 Å². The summed E-state index contributed by atoms with van der Waals surface area (Å²) in [5, 5.41) is 2.95. The summed E-state index contributed by atoms with van der Waals surface area (Å²) in [4.78, 5) is 26.4. The number of amides is 1. The third kappa shape index (κ3) is 6.25. The summed E-state index contributed by atoms with van der Waals surface area (Å²) < 4.78 is 31.5. The van der Waals surface area contributed by atoms with E-state index >= 15 is 4.39 Å². The van der Waals surface area contributed by atoms with Gasteiger partial charge in [-0.3, -0.25) is 4.98 Å². The summed E-state index contributed by atoms with van der Waals surface area (Å²) in [5.74, 6) is 3.14. The van der Waals surface area contributed by atoms with Gasteiger partial charge in [0.15, 0.2) is 5.82 Å². The molecule has 4 rings (SSSR count). The largest absolute Gasteiger partial charge is 0.497 e. The van der Waals surface area contributed by atoms with E-state index in [2.05, 4.69) is 26.2 Å². The molecule has 3 heterocycles. The first kappa shape index (κ1) is 25.7. The van der Waals surface area contributed by atoms with Gasteiger partial charge in [-0.15, -0.1) is 6.42 Å². The first-order valence-corrected chi connectivity index (χ1v) is 11.9. The fourth-order valence-electron chi connectivity index (χ4n) is 3.87. The lowest BCUT2D eigenvalue weighted by Crippen LogP contribution is -2.42. The first-order valence-electron chi connectivity index (χ1n) is 11.9. The van der Waals surface area contributed by atoms with Crippen molar-refractivity contribution in [2.24, 2.45) is 0 Å². The highest BCUT2D eigenvalue weighted by Gasteiger charge is 2.26. The lowest BCUT2D eigenvalue weighted by Gasteiger charge is -2.31. The van der Waals surface area contributed by atoms with Crippen LogP contribution in [0, 0.1) is 18.2 Å². The number of benzene rings is 1. The molecule has 37 heavy (non-hydrogen) atoms. The van der Waals surface area contributed by atoms with Gasteiger partial charge in [-0.2, -0.15) is 0 Å². The van der Waals surface area contributed by atoms with Crippen molar-refractivity contribution in [1.82, 2.24) is 19.9 Å². The number of aromatic nitrogens is 3.